The number of methoxy groups -OCH3 is 1. The fourth-order valence-corrected chi connectivity index (χ4v) is 2.73. The Labute approximate surface area is 125 Å². The van der Waals surface area contributed by atoms with Crippen molar-refractivity contribution in [2.75, 3.05) is 40.0 Å². The molecule has 2 N–H and O–H groups in total. The van der Waals surface area contributed by atoms with Crippen LogP contribution in [0.5, 0.6) is 5.88 Å². The largest absolute Gasteiger partial charge is 0.481 e. The first-order chi connectivity index (χ1) is 10.1. The van der Waals surface area contributed by atoms with Crippen molar-refractivity contribution in [1.82, 2.24) is 14.7 Å². The van der Waals surface area contributed by atoms with Gasteiger partial charge in [0, 0.05) is 32.2 Å². The predicted octanol–water partition coefficient (Wildman–Crippen LogP) is -0.287. The summed E-state index contributed by atoms with van der Waals surface area (Å²) in [7, 11) is 3.44. The molecule has 1 saturated heterocycles. The van der Waals surface area contributed by atoms with Crippen molar-refractivity contribution in [2.24, 2.45) is 18.7 Å². The normalized spacial score (nSPS) is 16.9. The fraction of sp³-hybridized carbons (Fsp3) is 0.714. The summed E-state index contributed by atoms with van der Waals surface area (Å²) in [6, 6.07) is 0. The molecule has 1 fully saturated rings. The quantitative estimate of drug-likeness (QED) is 0.807. The summed E-state index contributed by atoms with van der Waals surface area (Å²) in [5.74, 6) is 0.534. The molecule has 1 aromatic rings. The maximum atomic E-state index is 12.6. The van der Waals surface area contributed by atoms with Crippen molar-refractivity contribution in [3.8, 4) is 5.88 Å². The molecule has 118 valence electrons. The van der Waals surface area contributed by atoms with Crippen LogP contribution in [0.15, 0.2) is 0 Å². The van der Waals surface area contributed by atoms with Crippen LogP contribution in [0.25, 0.3) is 0 Å². The van der Waals surface area contributed by atoms with Gasteiger partial charge in [-0.3, -0.25) is 4.79 Å². The van der Waals surface area contributed by atoms with E-state index in [4.69, 9.17) is 15.2 Å². The van der Waals surface area contributed by atoms with Gasteiger partial charge >= 0.3 is 0 Å². The number of carbonyl (C=O) groups is 1. The van der Waals surface area contributed by atoms with Crippen LogP contribution in [0, 0.1) is 12.8 Å². The summed E-state index contributed by atoms with van der Waals surface area (Å²) >= 11 is 0. The number of carbonyl (C=O) groups excluding carboxylic acids is 1. The van der Waals surface area contributed by atoms with E-state index in [1.807, 2.05) is 18.9 Å². The Balaban J connectivity index is 2.13. The van der Waals surface area contributed by atoms with Gasteiger partial charge in [0.25, 0.3) is 0 Å². The summed E-state index contributed by atoms with van der Waals surface area (Å²) in [6.45, 7) is 4.70. The van der Waals surface area contributed by atoms with E-state index in [2.05, 4.69) is 5.10 Å². The van der Waals surface area contributed by atoms with Crippen LogP contribution in [0.1, 0.15) is 11.3 Å². The Morgan fingerprint density at radius 2 is 2.14 bits per heavy atom. The van der Waals surface area contributed by atoms with Crippen molar-refractivity contribution in [1.29, 1.82) is 0 Å². The zero-order valence-electron chi connectivity index (χ0n) is 13.0. The molecule has 0 aromatic carbocycles. The van der Waals surface area contributed by atoms with Gasteiger partial charge in [-0.05, 0) is 13.3 Å². The first-order valence-electron chi connectivity index (χ1n) is 7.21. The molecule has 1 atom stereocenters. The Morgan fingerprint density at radius 3 is 2.71 bits per heavy atom. The highest BCUT2D eigenvalue weighted by Crippen LogP contribution is 2.24. The molecule has 7 nitrogen and oxygen atoms in total. The molecule has 2 heterocycles. The van der Waals surface area contributed by atoms with Gasteiger partial charge in [0.05, 0.1) is 31.9 Å². The SMILES string of the molecule is COc1c(CC(CN)C(=O)N2CCOCC2)c(C)nn1C. The van der Waals surface area contributed by atoms with Gasteiger partial charge in [0.2, 0.25) is 11.8 Å². The van der Waals surface area contributed by atoms with E-state index in [-0.39, 0.29) is 11.8 Å². The fourth-order valence-electron chi connectivity index (χ4n) is 2.73. The number of aryl methyl sites for hydroxylation is 2. The van der Waals surface area contributed by atoms with Crippen LogP contribution in [0.3, 0.4) is 0 Å². The molecule has 0 radical (unpaired) electrons. The van der Waals surface area contributed by atoms with E-state index in [0.29, 0.717) is 45.1 Å². The van der Waals surface area contributed by atoms with Gasteiger partial charge in [0.15, 0.2) is 0 Å². The van der Waals surface area contributed by atoms with Crippen LogP contribution in [0.4, 0.5) is 0 Å². The molecule has 0 aliphatic carbocycles. The number of hydrogen-bond donors (Lipinski definition) is 1. The van der Waals surface area contributed by atoms with Gasteiger partial charge in [-0.1, -0.05) is 0 Å². The molecule has 1 unspecified atom stereocenters. The van der Waals surface area contributed by atoms with Crippen LogP contribution < -0.4 is 10.5 Å². The first kappa shape index (κ1) is 15.8. The maximum absolute atomic E-state index is 12.6. The first-order valence-corrected chi connectivity index (χ1v) is 7.21. The van der Waals surface area contributed by atoms with Crippen molar-refractivity contribution < 1.29 is 14.3 Å². The molecule has 1 amide bonds. The van der Waals surface area contributed by atoms with E-state index in [0.717, 1.165) is 11.3 Å². The summed E-state index contributed by atoms with van der Waals surface area (Å²) < 4.78 is 12.4. The monoisotopic (exact) mass is 296 g/mol. The predicted molar refractivity (Wildman–Crippen MR) is 78.1 cm³/mol. The van der Waals surface area contributed by atoms with Crippen LogP contribution >= 0.6 is 0 Å². The Hall–Kier alpha value is -1.60. The Morgan fingerprint density at radius 1 is 1.48 bits per heavy atom. The Bertz CT molecular complexity index is 495. The minimum atomic E-state index is -0.250. The van der Waals surface area contributed by atoms with Gasteiger partial charge in [-0.25, -0.2) is 4.68 Å². The second kappa shape index (κ2) is 6.91. The third-order valence-corrected chi connectivity index (χ3v) is 3.89. The van der Waals surface area contributed by atoms with Crippen LogP contribution in [-0.4, -0.2) is 60.5 Å². The minimum Gasteiger partial charge on any atom is -0.481 e. The Kier molecular flexibility index (Phi) is 5.19. The van der Waals surface area contributed by atoms with Crippen molar-refractivity contribution in [3.05, 3.63) is 11.3 Å². The van der Waals surface area contributed by atoms with Gasteiger partial charge in [-0.2, -0.15) is 5.10 Å². The molecular weight excluding hydrogens is 272 g/mol. The van der Waals surface area contributed by atoms with E-state index < -0.39 is 0 Å². The second-order valence-corrected chi connectivity index (χ2v) is 5.27. The number of amides is 1. The summed E-state index contributed by atoms with van der Waals surface area (Å²) in [5.41, 5.74) is 7.66. The zero-order valence-corrected chi connectivity index (χ0v) is 13.0. The standard InChI is InChI=1S/C14H24N4O3/c1-10-12(14(20-3)17(2)16-10)8-11(9-15)13(19)18-4-6-21-7-5-18/h11H,4-9,15H2,1-3H3. The average molecular weight is 296 g/mol. The molecule has 7 heteroatoms. The molecule has 1 aliphatic heterocycles. The smallest absolute Gasteiger partial charge is 0.227 e. The number of rotatable bonds is 5. The number of nitrogens with two attached hydrogens (primary N) is 1. The number of aromatic nitrogens is 2. The molecule has 0 bridgehead atoms. The molecule has 2 rings (SSSR count). The van der Waals surface area contributed by atoms with Crippen LogP contribution in [0.2, 0.25) is 0 Å². The summed E-state index contributed by atoms with van der Waals surface area (Å²) in [6.07, 6.45) is 0.551. The highest BCUT2D eigenvalue weighted by atomic mass is 16.5. The third-order valence-electron chi connectivity index (χ3n) is 3.89. The number of hydrogen-bond acceptors (Lipinski definition) is 5. The molecule has 21 heavy (non-hydrogen) atoms. The molecule has 0 saturated carbocycles. The van der Waals surface area contributed by atoms with Gasteiger partial charge in [-0.15, -0.1) is 0 Å². The lowest BCUT2D eigenvalue weighted by atomic mass is 9.98. The summed E-state index contributed by atoms with van der Waals surface area (Å²) in [4.78, 5) is 14.4. The summed E-state index contributed by atoms with van der Waals surface area (Å²) in [5, 5.41) is 4.35. The number of morpholine rings is 1. The minimum absolute atomic E-state index is 0.0890. The highest BCUT2D eigenvalue weighted by molar-refractivity contribution is 5.79. The van der Waals surface area contributed by atoms with Gasteiger partial charge in [0.1, 0.15) is 0 Å². The van der Waals surface area contributed by atoms with Gasteiger partial charge < -0.3 is 20.1 Å². The average Bonchev–Trinajstić information content (AvgIpc) is 2.78. The van der Waals surface area contributed by atoms with Crippen molar-refractivity contribution in [2.45, 2.75) is 13.3 Å². The third kappa shape index (κ3) is 3.36. The molecular formula is C14H24N4O3. The molecule has 1 aliphatic rings. The lowest BCUT2D eigenvalue weighted by molar-refractivity contribution is -0.139. The zero-order chi connectivity index (χ0) is 15.4. The molecule has 1 aromatic heterocycles. The lowest BCUT2D eigenvalue weighted by Crippen LogP contribution is -2.46. The van der Waals surface area contributed by atoms with Crippen LogP contribution in [-0.2, 0) is 23.0 Å². The number of ether oxygens (including phenoxy) is 2. The van der Waals surface area contributed by atoms with E-state index in [9.17, 15) is 4.79 Å². The van der Waals surface area contributed by atoms with Crippen molar-refractivity contribution in [3.63, 3.8) is 0 Å². The van der Waals surface area contributed by atoms with E-state index >= 15 is 0 Å². The maximum Gasteiger partial charge on any atom is 0.227 e. The topological polar surface area (TPSA) is 82.6 Å². The second-order valence-electron chi connectivity index (χ2n) is 5.27. The number of nitrogens with zero attached hydrogens (tertiary/aromatic N) is 3. The highest BCUT2D eigenvalue weighted by Gasteiger charge is 2.27. The van der Waals surface area contributed by atoms with E-state index in [1.165, 1.54) is 0 Å². The lowest BCUT2D eigenvalue weighted by Gasteiger charge is -2.30. The molecule has 0 spiro atoms. The van der Waals surface area contributed by atoms with Crippen molar-refractivity contribution >= 4 is 5.91 Å². The van der Waals surface area contributed by atoms with E-state index in [1.54, 1.807) is 11.8 Å².